The summed E-state index contributed by atoms with van der Waals surface area (Å²) in [7, 11) is -4.05. The van der Waals surface area contributed by atoms with Crippen LogP contribution in [0.25, 0.3) is 0 Å². The summed E-state index contributed by atoms with van der Waals surface area (Å²) in [4.78, 5) is 25.7. The predicted molar refractivity (Wildman–Crippen MR) is 108 cm³/mol. The van der Waals surface area contributed by atoms with Crippen molar-refractivity contribution in [1.29, 1.82) is 0 Å². The van der Waals surface area contributed by atoms with E-state index in [4.69, 9.17) is 9.47 Å². The van der Waals surface area contributed by atoms with Crippen molar-refractivity contribution in [1.82, 2.24) is 0 Å². The van der Waals surface area contributed by atoms with Crippen LogP contribution in [-0.2, 0) is 28.9 Å². The van der Waals surface area contributed by atoms with Crippen molar-refractivity contribution in [3.63, 3.8) is 0 Å². The molecule has 1 aromatic rings. The van der Waals surface area contributed by atoms with Gasteiger partial charge in [0.05, 0.1) is 17.6 Å². The molecule has 7 heteroatoms. The number of hydrogen-bond acceptors (Lipinski definition) is 6. The maximum Gasteiger partial charge on any atom is 0.191 e. The molecule has 1 saturated heterocycles. The molecule has 0 bridgehead atoms. The second kappa shape index (κ2) is 7.93. The Bertz CT molecular complexity index is 876. The van der Waals surface area contributed by atoms with Gasteiger partial charge >= 0.3 is 0 Å². The van der Waals surface area contributed by atoms with E-state index in [2.05, 4.69) is 0 Å². The summed E-state index contributed by atoms with van der Waals surface area (Å²) in [5.41, 5.74) is 0. The van der Waals surface area contributed by atoms with Crippen LogP contribution in [0.3, 0.4) is 0 Å². The summed E-state index contributed by atoms with van der Waals surface area (Å²) in [6, 6.07) is 8.07. The average molecular weight is 423 g/mol. The molecule has 1 saturated carbocycles. The number of ketones is 2. The van der Waals surface area contributed by atoms with E-state index in [1.807, 2.05) is 6.92 Å². The Hall–Kier alpha value is -1.57. The molecule has 1 aliphatic carbocycles. The minimum Gasteiger partial charge on any atom is -0.348 e. The van der Waals surface area contributed by atoms with Crippen molar-refractivity contribution in [2.24, 2.45) is 11.8 Å². The van der Waals surface area contributed by atoms with Crippen LogP contribution in [0.1, 0.15) is 53.4 Å². The molecule has 160 valence electrons. The fourth-order valence-electron chi connectivity index (χ4n) is 4.84. The third-order valence-corrected chi connectivity index (χ3v) is 8.60. The van der Waals surface area contributed by atoms with E-state index in [9.17, 15) is 18.0 Å². The largest absolute Gasteiger partial charge is 0.348 e. The summed E-state index contributed by atoms with van der Waals surface area (Å²) in [5.74, 6) is -1.83. The molecule has 0 radical (unpaired) electrons. The van der Waals surface area contributed by atoms with Crippen molar-refractivity contribution in [2.75, 3.05) is 6.61 Å². The van der Waals surface area contributed by atoms with Crippen LogP contribution in [0.5, 0.6) is 0 Å². The number of Topliss-reactive ketones (excluding diaryl/α,β-unsaturated/α-hetero) is 2. The lowest BCUT2D eigenvalue weighted by molar-refractivity contribution is -0.144. The van der Waals surface area contributed by atoms with Gasteiger partial charge in [0.2, 0.25) is 0 Å². The van der Waals surface area contributed by atoms with Gasteiger partial charge in [-0.3, -0.25) is 4.79 Å². The van der Waals surface area contributed by atoms with Gasteiger partial charge in [0.15, 0.2) is 21.4 Å². The normalized spacial score (nSPS) is 32.3. The first-order valence-corrected chi connectivity index (χ1v) is 11.6. The summed E-state index contributed by atoms with van der Waals surface area (Å²) >= 11 is 0. The van der Waals surface area contributed by atoms with E-state index in [-0.39, 0.29) is 48.2 Å². The van der Waals surface area contributed by atoms with E-state index in [0.29, 0.717) is 6.42 Å². The molecule has 2 fully saturated rings. The van der Waals surface area contributed by atoms with E-state index < -0.39 is 32.4 Å². The Balaban J connectivity index is 2.14. The van der Waals surface area contributed by atoms with Crippen LogP contribution in [0, 0.1) is 11.8 Å². The maximum absolute atomic E-state index is 13.9. The van der Waals surface area contributed by atoms with E-state index in [0.717, 1.165) is 0 Å². The quantitative estimate of drug-likeness (QED) is 0.699. The molecule has 1 aromatic carbocycles. The zero-order chi connectivity index (χ0) is 21.4. The first-order valence-electron chi connectivity index (χ1n) is 10.1. The summed E-state index contributed by atoms with van der Waals surface area (Å²) in [5, 5.41) is 0. The molecule has 0 spiro atoms. The smallest absolute Gasteiger partial charge is 0.191 e. The summed E-state index contributed by atoms with van der Waals surface area (Å²) in [6.07, 6.45) is 0.206. The zero-order valence-corrected chi connectivity index (χ0v) is 18.3. The molecule has 0 N–H and O–H groups in total. The third-order valence-electron chi connectivity index (χ3n) is 6.02. The van der Waals surface area contributed by atoms with Crippen LogP contribution in [0.15, 0.2) is 35.2 Å². The molecule has 3 unspecified atom stereocenters. The molecular formula is C22H30O6S. The van der Waals surface area contributed by atoms with Crippen LogP contribution < -0.4 is 0 Å². The molecule has 4 atom stereocenters. The van der Waals surface area contributed by atoms with Gasteiger partial charge in [0, 0.05) is 19.3 Å². The van der Waals surface area contributed by atoms with Crippen LogP contribution in [-0.4, -0.2) is 43.2 Å². The number of rotatable bonds is 6. The second-order valence-corrected chi connectivity index (χ2v) is 11.1. The average Bonchev–Trinajstić information content (AvgIpc) is 2.96. The maximum atomic E-state index is 13.9. The molecule has 1 heterocycles. The summed E-state index contributed by atoms with van der Waals surface area (Å²) < 4.78 is 37.7. The van der Waals surface area contributed by atoms with Crippen molar-refractivity contribution >= 4 is 21.4 Å². The molecule has 1 aliphatic heterocycles. The Kier molecular flexibility index (Phi) is 6.05. The number of benzene rings is 1. The third kappa shape index (κ3) is 4.18. The van der Waals surface area contributed by atoms with Gasteiger partial charge in [-0.15, -0.1) is 0 Å². The standard InChI is InChI=1S/C22H30O6S/c1-15-10-17(12-16(2)23)22(20(24)11-15,13-18-14-27-21(3,4)28-18)29(25,26)19-8-6-5-7-9-19/h5-9,15,17-18H,10-14H2,1-4H3/t15?,17?,18-,22?/m0/s1. The van der Waals surface area contributed by atoms with E-state index in [1.165, 1.54) is 19.1 Å². The topological polar surface area (TPSA) is 86.7 Å². The highest BCUT2D eigenvalue weighted by Crippen LogP contribution is 2.48. The van der Waals surface area contributed by atoms with Gasteiger partial charge in [0.1, 0.15) is 10.5 Å². The Morgan fingerprint density at radius 1 is 1.21 bits per heavy atom. The minimum absolute atomic E-state index is 0.00282. The van der Waals surface area contributed by atoms with Crippen LogP contribution in [0.4, 0.5) is 0 Å². The zero-order valence-electron chi connectivity index (χ0n) is 17.5. The van der Waals surface area contributed by atoms with Gasteiger partial charge in [0.25, 0.3) is 0 Å². The second-order valence-electron chi connectivity index (χ2n) is 8.93. The van der Waals surface area contributed by atoms with Gasteiger partial charge in [-0.25, -0.2) is 8.42 Å². The van der Waals surface area contributed by atoms with Crippen molar-refractivity contribution < 1.29 is 27.5 Å². The number of carbonyl (C=O) groups is 2. The van der Waals surface area contributed by atoms with Gasteiger partial charge in [-0.1, -0.05) is 25.1 Å². The number of hydrogen-bond donors (Lipinski definition) is 0. The molecule has 3 rings (SSSR count). The Labute approximate surface area is 172 Å². The predicted octanol–water partition coefficient (Wildman–Crippen LogP) is 3.34. The minimum atomic E-state index is -4.05. The molecule has 29 heavy (non-hydrogen) atoms. The first kappa shape index (κ1) is 22.1. The monoisotopic (exact) mass is 422 g/mol. The van der Waals surface area contributed by atoms with Gasteiger partial charge in [-0.05, 0) is 51.2 Å². The van der Waals surface area contributed by atoms with Crippen molar-refractivity contribution in [3.8, 4) is 0 Å². The number of carbonyl (C=O) groups excluding carboxylic acids is 2. The highest BCUT2D eigenvalue weighted by molar-refractivity contribution is 7.93. The highest BCUT2D eigenvalue weighted by Gasteiger charge is 2.60. The lowest BCUT2D eigenvalue weighted by atomic mass is 9.69. The van der Waals surface area contributed by atoms with Crippen LogP contribution >= 0.6 is 0 Å². The van der Waals surface area contributed by atoms with E-state index in [1.54, 1.807) is 32.0 Å². The molecule has 2 aliphatic rings. The fraction of sp³-hybridized carbons (Fsp3) is 0.636. The lowest BCUT2D eigenvalue weighted by Gasteiger charge is -2.44. The molecule has 0 amide bonds. The number of sulfone groups is 1. The molecule has 0 aromatic heterocycles. The SMILES string of the molecule is CC(=O)CC1CC(C)CC(=O)C1(C[C@H]1COC(C)(C)O1)S(=O)(=O)c1ccccc1. The Morgan fingerprint density at radius 3 is 2.41 bits per heavy atom. The van der Waals surface area contributed by atoms with Crippen molar-refractivity contribution in [2.45, 2.75) is 74.9 Å². The molecular weight excluding hydrogens is 392 g/mol. The lowest BCUT2D eigenvalue weighted by Crippen LogP contribution is -2.58. The number of ether oxygens (including phenoxy) is 2. The van der Waals surface area contributed by atoms with E-state index >= 15 is 0 Å². The Morgan fingerprint density at radius 2 is 1.86 bits per heavy atom. The van der Waals surface area contributed by atoms with Gasteiger partial charge in [-0.2, -0.15) is 0 Å². The first-order chi connectivity index (χ1) is 13.5. The highest BCUT2D eigenvalue weighted by atomic mass is 32.2. The fourth-order valence-corrected chi connectivity index (χ4v) is 7.19. The van der Waals surface area contributed by atoms with Gasteiger partial charge < -0.3 is 14.3 Å². The molecule has 6 nitrogen and oxygen atoms in total. The van der Waals surface area contributed by atoms with Crippen LogP contribution in [0.2, 0.25) is 0 Å². The summed E-state index contributed by atoms with van der Waals surface area (Å²) in [6.45, 7) is 7.13. The van der Waals surface area contributed by atoms with Crippen molar-refractivity contribution in [3.05, 3.63) is 30.3 Å².